The first-order chi connectivity index (χ1) is 15.9. The van der Waals surface area contributed by atoms with Gasteiger partial charge in [0.1, 0.15) is 11.6 Å². The lowest BCUT2D eigenvalue weighted by atomic mass is 10.1. The summed E-state index contributed by atoms with van der Waals surface area (Å²) in [5.41, 5.74) is 1.50. The number of hydrogen-bond donors (Lipinski definition) is 1. The summed E-state index contributed by atoms with van der Waals surface area (Å²) in [5.74, 6) is 0.0838. The van der Waals surface area contributed by atoms with E-state index >= 15 is 0 Å². The average Bonchev–Trinajstić information content (AvgIpc) is 2.82. The van der Waals surface area contributed by atoms with Crippen molar-refractivity contribution < 1.29 is 17.5 Å². The van der Waals surface area contributed by atoms with Crippen LogP contribution in [0.5, 0.6) is 5.75 Å². The van der Waals surface area contributed by atoms with E-state index < -0.39 is 15.8 Å². The third-order valence-electron chi connectivity index (χ3n) is 5.42. The van der Waals surface area contributed by atoms with E-state index in [1.54, 1.807) is 31.4 Å². The lowest BCUT2D eigenvalue weighted by Gasteiger charge is -2.22. The number of halogens is 1. The summed E-state index contributed by atoms with van der Waals surface area (Å²) in [7, 11) is -2.43. The Bertz CT molecular complexity index is 1420. The Balaban J connectivity index is 1.70. The second-order valence-corrected chi connectivity index (χ2v) is 9.54. The van der Waals surface area contributed by atoms with Gasteiger partial charge in [-0.15, -0.1) is 0 Å². The number of benzene rings is 3. The van der Waals surface area contributed by atoms with Gasteiger partial charge < -0.3 is 9.72 Å². The summed E-state index contributed by atoms with van der Waals surface area (Å²) in [6.45, 7) is 0.0354. The highest BCUT2D eigenvalue weighted by molar-refractivity contribution is 7.89. The predicted octanol–water partition coefficient (Wildman–Crippen LogP) is 4.11. The molecule has 0 spiro atoms. The van der Waals surface area contributed by atoms with E-state index in [1.165, 1.54) is 16.4 Å². The molecular formula is C25H23FN2O4S. The molecule has 0 saturated heterocycles. The molecule has 0 atom stereocenters. The zero-order chi connectivity index (χ0) is 23.4. The van der Waals surface area contributed by atoms with Crippen LogP contribution in [-0.4, -0.2) is 31.4 Å². The minimum absolute atomic E-state index is 0.0288. The molecule has 4 rings (SSSR count). The van der Waals surface area contributed by atoms with Gasteiger partial charge in [-0.2, -0.15) is 4.31 Å². The molecule has 1 heterocycles. The maximum absolute atomic E-state index is 13.4. The molecule has 1 aromatic heterocycles. The van der Waals surface area contributed by atoms with E-state index in [2.05, 4.69) is 4.98 Å². The van der Waals surface area contributed by atoms with E-state index in [9.17, 15) is 17.6 Å². The molecule has 3 aromatic carbocycles. The minimum atomic E-state index is -3.97. The lowest BCUT2D eigenvalue weighted by Crippen LogP contribution is -2.34. The highest BCUT2D eigenvalue weighted by atomic mass is 32.2. The molecule has 4 aromatic rings. The second kappa shape index (κ2) is 9.56. The predicted molar refractivity (Wildman–Crippen MR) is 125 cm³/mol. The minimum Gasteiger partial charge on any atom is -0.497 e. The fourth-order valence-electron chi connectivity index (χ4n) is 3.60. The van der Waals surface area contributed by atoms with Crippen LogP contribution in [0.3, 0.4) is 0 Å². The number of hydrogen-bond acceptors (Lipinski definition) is 4. The fraction of sp³-hybridized carbons (Fsp3) is 0.160. The lowest BCUT2D eigenvalue weighted by molar-refractivity contribution is 0.408. The van der Waals surface area contributed by atoms with E-state index in [4.69, 9.17) is 4.74 Å². The van der Waals surface area contributed by atoms with Crippen molar-refractivity contribution in [1.82, 2.24) is 9.29 Å². The average molecular weight is 467 g/mol. The number of pyridine rings is 1. The van der Waals surface area contributed by atoms with Crippen LogP contribution in [0.1, 0.15) is 11.1 Å². The van der Waals surface area contributed by atoms with Crippen LogP contribution >= 0.6 is 0 Å². The van der Waals surface area contributed by atoms with Gasteiger partial charge in [0.05, 0.1) is 17.5 Å². The van der Waals surface area contributed by atoms with Crippen LogP contribution < -0.4 is 10.3 Å². The van der Waals surface area contributed by atoms with E-state index in [0.717, 1.165) is 23.1 Å². The number of nitrogens with one attached hydrogen (secondary N) is 1. The molecule has 0 radical (unpaired) electrons. The van der Waals surface area contributed by atoms with E-state index in [1.807, 2.05) is 30.3 Å². The quantitative estimate of drug-likeness (QED) is 0.424. The Morgan fingerprint density at radius 2 is 1.70 bits per heavy atom. The van der Waals surface area contributed by atoms with Crippen molar-refractivity contribution in [2.75, 3.05) is 13.7 Å². The summed E-state index contributed by atoms with van der Waals surface area (Å²) in [6, 6.07) is 21.1. The molecule has 0 bridgehead atoms. The van der Waals surface area contributed by atoms with Crippen LogP contribution in [-0.2, 0) is 23.0 Å². The fourth-order valence-corrected chi connectivity index (χ4v) is 5.02. The molecule has 8 heteroatoms. The standard InChI is InChI=1S/C25H23FN2O4S/c1-32-22-10-7-19-15-20(25(29)27-24(19)16-22)17-28(14-13-18-5-3-2-4-6-18)33(30,31)23-11-8-21(26)9-12-23/h2-12,15-16H,13-14,17H2,1H3,(H,27,29). The summed E-state index contributed by atoms with van der Waals surface area (Å²) >= 11 is 0. The number of nitrogens with zero attached hydrogens (tertiary/aromatic N) is 1. The van der Waals surface area contributed by atoms with Crippen LogP contribution in [0, 0.1) is 5.82 Å². The van der Waals surface area contributed by atoms with Gasteiger partial charge in [0, 0.05) is 24.7 Å². The number of aromatic nitrogens is 1. The number of fused-ring (bicyclic) bond motifs is 1. The maximum atomic E-state index is 13.4. The SMILES string of the molecule is COc1ccc2cc(CN(CCc3ccccc3)S(=O)(=O)c3ccc(F)cc3)c(=O)[nH]c2c1. The van der Waals surface area contributed by atoms with Gasteiger partial charge in [-0.1, -0.05) is 30.3 Å². The second-order valence-electron chi connectivity index (χ2n) is 7.60. The van der Waals surface area contributed by atoms with Crippen LogP contribution in [0.2, 0.25) is 0 Å². The number of rotatable bonds is 8. The monoisotopic (exact) mass is 466 g/mol. The Morgan fingerprint density at radius 1 is 0.970 bits per heavy atom. The van der Waals surface area contributed by atoms with Gasteiger partial charge in [-0.05, 0) is 59.8 Å². The zero-order valence-electron chi connectivity index (χ0n) is 18.0. The van der Waals surface area contributed by atoms with Crippen molar-refractivity contribution in [3.05, 3.63) is 106 Å². The smallest absolute Gasteiger partial charge is 0.252 e. The maximum Gasteiger partial charge on any atom is 0.252 e. The van der Waals surface area contributed by atoms with Gasteiger partial charge in [-0.25, -0.2) is 12.8 Å². The largest absolute Gasteiger partial charge is 0.497 e. The highest BCUT2D eigenvalue weighted by Gasteiger charge is 2.25. The molecule has 0 fully saturated rings. The molecule has 6 nitrogen and oxygen atoms in total. The first kappa shape index (κ1) is 22.7. The first-order valence-electron chi connectivity index (χ1n) is 10.4. The third-order valence-corrected chi connectivity index (χ3v) is 7.28. The van der Waals surface area contributed by atoms with Crippen molar-refractivity contribution in [3.63, 3.8) is 0 Å². The van der Waals surface area contributed by atoms with Crippen LogP contribution in [0.4, 0.5) is 4.39 Å². The van der Waals surface area contributed by atoms with Gasteiger partial charge in [0.15, 0.2) is 0 Å². The topological polar surface area (TPSA) is 79.5 Å². The molecule has 0 saturated carbocycles. The van der Waals surface area contributed by atoms with Crippen molar-refractivity contribution in [3.8, 4) is 5.75 Å². The Kier molecular flexibility index (Phi) is 6.57. The van der Waals surface area contributed by atoms with Gasteiger partial charge in [0.25, 0.3) is 5.56 Å². The molecule has 170 valence electrons. The summed E-state index contributed by atoms with van der Waals surface area (Å²) in [5, 5.41) is 0.757. The van der Waals surface area contributed by atoms with Crippen LogP contribution in [0.15, 0.2) is 88.6 Å². The van der Waals surface area contributed by atoms with Crippen molar-refractivity contribution in [1.29, 1.82) is 0 Å². The van der Waals surface area contributed by atoms with E-state index in [-0.39, 0.29) is 23.5 Å². The summed E-state index contributed by atoms with van der Waals surface area (Å²) < 4.78 is 46.6. The highest BCUT2D eigenvalue weighted by Crippen LogP contribution is 2.22. The number of H-pyrrole nitrogens is 1. The van der Waals surface area contributed by atoms with Crippen LogP contribution in [0.25, 0.3) is 10.9 Å². The molecule has 0 unspecified atom stereocenters. The van der Waals surface area contributed by atoms with Crippen molar-refractivity contribution in [2.45, 2.75) is 17.9 Å². The molecule has 0 aliphatic heterocycles. The van der Waals surface area contributed by atoms with Gasteiger partial charge in [-0.3, -0.25) is 4.79 Å². The Morgan fingerprint density at radius 3 is 2.39 bits per heavy atom. The molecular weight excluding hydrogens is 443 g/mol. The molecule has 33 heavy (non-hydrogen) atoms. The first-order valence-corrected chi connectivity index (χ1v) is 11.8. The molecule has 1 N–H and O–H groups in total. The zero-order valence-corrected chi connectivity index (χ0v) is 18.8. The Labute approximate surface area is 191 Å². The number of ether oxygens (including phenoxy) is 1. The van der Waals surface area contributed by atoms with Crippen molar-refractivity contribution in [2.24, 2.45) is 0 Å². The molecule has 0 aliphatic rings. The molecule has 0 amide bonds. The number of sulfonamides is 1. The van der Waals surface area contributed by atoms with Crippen molar-refractivity contribution >= 4 is 20.9 Å². The third kappa shape index (κ3) is 5.13. The van der Waals surface area contributed by atoms with E-state index in [0.29, 0.717) is 23.3 Å². The summed E-state index contributed by atoms with van der Waals surface area (Å²) in [6.07, 6.45) is 0.462. The normalized spacial score (nSPS) is 11.7. The van der Waals surface area contributed by atoms with Gasteiger partial charge >= 0.3 is 0 Å². The van der Waals surface area contributed by atoms with Gasteiger partial charge in [0.2, 0.25) is 10.0 Å². The number of methoxy groups -OCH3 is 1. The Hall–Kier alpha value is -3.49. The molecule has 0 aliphatic carbocycles. The number of aromatic amines is 1. The summed E-state index contributed by atoms with van der Waals surface area (Å²) in [4.78, 5) is 15.6.